The number of ether oxygens (including phenoxy) is 1. The van der Waals surface area contributed by atoms with Gasteiger partial charge in [-0.05, 0) is 19.8 Å². The van der Waals surface area contributed by atoms with Crippen LogP contribution in [0.3, 0.4) is 0 Å². The molecule has 3 heterocycles. The fraction of sp³-hybridized carbons (Fsp3) is 0.571. The lowest BCUT2D eigenvalue weighted by Crippen LogP contribution is -2.38. The van der Waals surface area contributed by atoms with Gasteiger partial charge in [0.05, 0.1) is 12.6 Å². The van der Waals surface area contributed by atoms with Crippen LogP contribution in [0.4, 0.5) is 5.13 Å². The second kappa shape index (κ2) is 6.63. The normalized spacial score (nSPS) is 17.6. The van der Waals surface area contributed by atoms with Crippen LogP contribution < -0.4 is 15.8 Å². The maximum Gasteiger partial charge on any atom is 0.275 e. The molecule has 1 N–H and O–H groups in total. The lowest BCUT2D eigenvalue weighted by atomic mass is 10.2. The highest BCUT2D eigenvalue weighted by molar-refractivity contribution is 7.20. The smallest absolute Gasteiger partial charge is 0.275 e. The second-order valence-corrected chi connectivity index (χ2v) is 6.54. The first-order chi connectivity index (χ1) is 11.0. The van der Waals surface area contributed by atoms with E-state index in [9.17, 15) is 9.59 Å². The Hall–Kier alpha value is -2.00. The lowest BCUT2D eigenvalue weighted by Gasteiger charge is -2.16. The molecule has 23 heavy (non-hydrogen) atoms. The van der Waals surface area contributed by atoms with Crippen molar-refractivity contribution in [3.8, 4) is 0 Å². The van der Waals surface area contributed by atoms with Gasteiger partial charge in [0, 0.05) is 32.0 Å². The van der Waals surface area contributed by atoms with Crippen molar-refractivity contribution >= 4 is 27.3 Å². The van der Waals surface area contributed by atoms with Crippen molar-refractivity contribution in [3.05, 3.63) is 22.1 Å². The van der Waals surface area contributed by atoms with E-state index in [2.05, 4.69) is 15.4 Å². The van der Waals surface area contributed by atoms with Gasteiger partial charge >= 0.3 is 0 Å². The molecular formula is C14H19N5O3S. The molecule has 0 aliphatic carbocycles. The number of hydrogen-bond donors (Lipinski definition) is 1. The van der Waals surface area contributed by atoms with Crippen molar-refractivity contribution in [2.24, 2.45) is 0 Å². The minimum atomic E-state index is -0.216. The standard InChI is InChI=1S/C14H19N5O3S/c1-9-6-12(21)19-13(16-9)23-14(17-19)18(2)8-11(20)15-7-10-4-3-5-22-10/h6,10H,3-5,7-8H2,1-2H3,(H,15,20)/t10-/m0/s1. The molecule has 2 aromatic rings. The molecule has 0 spiro atoms. The van der Waals surface area contributed by atoms with Gasteiger partial charge < -0.3 is 15.0 Å². The molecule has 124 valence electrons. The van der Waals surface area contributed by atoms with Gasteiger partial charge in [0.2, 0.25) is 16.0 Å². The summed E-state index contributed by atoms with van der Waals surface area (Å²) in [5, 5.41) is 7.67. The largest absolute Gasteiger partial charge is 0.376 e. The molecule has 1 atom stereocenters. The maximum atomic E-state index is 12.0. The van der Waals surface area contributed by atoms with E-state index in [1.165, 1.54) is 21.9 Å². The first-order valence-corrected chi connectivity index (χ1v) is 8.31. The lowest BCUT2D eigenvalue weighted by molar-refractivity contribution is -0.120. The number of carbonyl (C=O) groups is 1. The number of anilines is 1. The molecule has 1 fully saturated rings. The third-order valence-electron chi connectivity index (χ3n) is 3.62. The van der Waals surface area contributed by atoms with Gasteiger partial charge in [-0.15, -0.1) is 5.10 Å². The van der Waals surface area contributed by atoms with Gasteiger partial charge in [-0.2, -0.15) is 4.52 Å². The van der Waals surface area contributed by atoms with Crippen LogP contribution in [0, 0.1) is 6.92 Å². The van der Waals surface area contributed by atoms with E-state index in [0.29, 0.717) is 22.3 Å². The molecule has 1 amide bonds. The van der Waals surface area contributed by atoms with Gasteiger partial charge in [-0.1, -0.05) is 11.3 Å². The topological polar surface area (TPSA) is 88.8 Å². The number of hydrogen-bond acceptors (Lipinski definition) is 7. The Bertz CT molecular complexity index is 765. The summed E-state index contributed by atoms with van der Waals surface area (Å²) >= 11 is 1.28. The molecule has 1 aliphatic rings. The van der Waals surface area contributed by atoms with E-state index in [4.69, 9.17) is 4.74 Å². The SMILES string of the molecule is Cc1cc(=O)n2nc(N(C)CC(=O)NC[C@@H]3CCCO3)sc2n1. The number of likely N-dealkylation sites (N-methyl/N-ethyl adjacent to an activating group) is 1. The Labute approximate surface area is 137 Å². The Morgan fingerprint density at radius 3 is 3.17 bits per heavy atom. The van der Waals surface area contributed by atoms with E-state index in [-0.39, 0.29) is 24.1 Å². The minimum Gasteiger partial charge on any atom is -0.376 e. The summed E-state index contributed by atoms with van der Waals surface area (Å²) in [6.07, 6.45) is 2.16. The number of rotatable bonds is 5. The summed E-state index contributed by atoms with van der Waals surface area (Å²) in [7, 11) is 1.77. The summed E-state index contributed by atoms with van der Waals surface area (Å²) in [6.45, 7) is 3.24. The number of amides is 1. The molecule has 1 saturated heterocycles. The number of carbonyl (C=O) groups excluding carboxylic acids is 1. The number of nitrogens with one attached hydrogen (secondary N) is 1. The molecule has 3 rings (SSSR count). The van der Waals surface area contributed by atoms with E-state index in [0.717, 1.165) is 19.4 Å². The molecule has 0 unspecified atom stereocenters. The van der Waals surface area contributed by atoms with Crippen molar-refractivity contribution < 1.29 is 9.53 Å². The van der Waals surface area contributed by atoms with Gasteiger partial charge in [-0.25, -0.2) is 4.98 Å². The molecule has 0 aromatic carbocycles. The van der Waals surface area contributed by atoms with Crippen LogP contribution in [0.2, 0.25) is 0 Å². The zero-order valence-electron chi connectivity index (χ0n) is 13.1. The van der Waals surface area contributed by atoms with Crippen molar-refractivity contribution in [2.45, 2.75) is 25.9 Å². The van der Waals surface area contributed by atoms with E-state index >= 15 is 0 Å². The van der Waals surface area contributed by atoms with Gasteiger partial charge in [0.25, 0.3) is 5.56 Å². The first kappa shape index (κ1) is 15.9. The molecule has 0 saturated carbocycles. The minimum absolute atomic E-state index is 0.0984. The van der Waals surface area contributed by atoms with Gasteiger partial charge in [-0.3, -0.25) is 9.59 Å². The number of aromatic nitrogens is 3. The van der Waals surface area contributed by atoms with Crippen molar-refractivity contribution in [2.75, 3.05) is 31.6 Å². The summed E-state index contributed by atoms with van der Waals surface area (Å²) in [5.41, 5.74) is 0.438. The van der Waals surface area contributed by atoms with Crippen molar-refractivity contribution in [3.63, 3.8) is 0 Å². The quantitative estimate of drug-likeness (QED) is 0.838. The highest BCUT2D eigenvalue weighted by Gasteiger charge is 2.18. The Balaban J connectivity index is 1.63. The van der Waals surface area contributed by atoms with E-state index in [1.54, 1.807) is 18.9 Å². The molecular weight excluding hydrogens is 318 g/mol. The Morgan fingerprint density at radius 2 is 2.43 bits per heavy atom. The Morgan fingerprint density at radius 1 is 1.61 bits per heavy atom. The molecule has 1 aliphatic heterocycles. The predicted octanol–water partition coefficient (Wildman–Crippen LogP) is 0.191. The van der Waals surface area contributed by atoms with Crippen LogP contribution in [-0.4, -0.2) is 53.4 Å². The van der Waals surface area contributed by atoms with Gasteiger partial charge in [0.1, 0.15) is 0 Å². The van der Waals surface area contributed by atoms with E-state index in [1.807, 2.05) is 0 Å². The van der Waals surface area contributed by atoms with Gasteiger partial charge in [0.15, 0.2) is 0 Å². The molecule has 9 heteroatoms. The summed E-state index contributed by atoms with van der Waals surface area (Å²) < 4.78 is 6.73. The van der Waals surface area contributed by atoms with E-state index < -0.39 is 0 Å². The van der Waals surface area contributed by atoms with Crippen molar-refractivity contribution in [1.29, 1.82) is 0 Å². The monoisotopic (exact) mass is 337 g/mol. The highest BCUT2D eigenvalue weighted by Crippen LogP contribution is 2.19. The second-order valence-electron chi connectivity index (χ2n) is 5.61. The fourth-order valence-corrected chi connectivity index (χ4v) is 3.35. The Kier molecular flexibility index (Phi) is 4.58. The summed E-state index contributed by atoms with van der Waals surface area (Å²) in [5.74, 6) is -0.0984. The summed E-state index contributed by atoms with van der Waals surface area (Å²) in [4.78, 5) is 30.4. The number of fused-ring (bicyclic) bond motifs is 1. The average Bonchev–Trinajstić information content (AvgIpc) is 3.14. The molecule has 8 nitrogen and oxygen atoms in total. The number of nitrogens with zero attached hydrogens (tertiary/aromatic N) is 4. The zero-order valence-corrected chi connectivity index (χ0v) is 13.9. The van der Waals surface area contributed by atoms with Crippen LogP contribution in [0.1, 0.15) is 18.5 Å². The third kappa shape index (κ3) is 3.67. The number of aryl methyl sites for hydroxylation is 1. The van der Waals surface area contributed by atoms with Crippen LogP contribution in [0.5, 0.6) is 0 Å². The predicted molar refractivity (Wildman–Crippen MR) is 87.1 cm³/mol. The van der Waals surface area contributed by atoms with Crippen molar-refractivity contribution in [1.82, 2.24) is 19.9 Å². The summed E-state index contributed by atoms with van der Waals surface area (Å²) in [6, 6.07) is 1.44. The molecule has 2 aromatic heterocycles. The fourth-order valence-electron chi connectivity index (χ4n) is 2.44. The molecule has 0 radical (unpaired) electrons. The third-order valence-corrected chi connectivity index (χ3v) is 4.64. The first-order valence-electron chi connectivity index (χ1n) is 7.50. The van der Waals surface area contributed by atoms with Crippen LogP contribution in [0.25, 0.3) is 4.96 Å². The van der Waals surface area contributed by atoms with Crippen LogP contribution >= 0.6 is 11.3 Å². The zero-order chi connectivity index (χ0) is 16.4. The van der Waals surface area contributed by atoms with Crippen LogP contribution in [-0.2, 0) is 9.53 Å². The highest BCUT2D eigenvalue weighted by atomic mass is 32.1. The maximum absolute atomic E-state index is 12.0. The van der Waals surface area contributed by atoms with Crippen LogP contribution in [0.15, 0.2) is 10.9 Å². The molecule has 0 bridgehead atoms. The average molecular weight is 337 g/mol.